The maximum Gasteiger partial charge on any atom is 0.451 e. The molecule has 37 heavy (non-hydrogen) atoms. The Labute approximate surface area is 217 Å². The Morgan fingerprint density at radius 1 is 1.14 bits per heavy atom. The molecule has 5 rings (SSSR count). The Balaban J connectivity index is 1.46. The molecule has 0 aliphatic carbocycles. The Bertz CT molecular complexity index is 1270. The summed E-state index contributed by atoms with van der Waals surface area (Å²) in [7, 11) is 0. The third-order valence-corrected chi connectivity index (χ3v) is 7.85. The summed E-state index contributed by atoms with van der Waals surface area (Å²) in [5.41, 5.74) is 0. The van der Waals surface area contributed by atoms with E-state index >= 15 is 0 Å². The fraction of sp³-hybridized carbons (Fsp3) is 0.625. The third-order valence-electron chi connectivity index (χ3n) is 6.76. The normalized spacial score (nSPS) is 18.4. The van der Waals surface area contributed by atoms with E-state index in [0.717, 1.165) is 53.4 Å². The van der Waals surface area contributed by atoms with Crippen LogP contribution in [0.4, 0.5) is 24.9 Å². The number of aromatic nitrogens is 5. The zero-order chi connectivity index (χ0) is 26.2. The highest BCUT2D eigenvalue weighted by Crippen LogP contribution is 2.36. The summed E-state index contributed by atoms with van der Waals surface area (Å²) >= 11 is 1.63. The molecule has 1 fully saturated rings. The van der Waals surface area contributed by atoms with Gasteiger partial charge in [0.05, 0.1) is 11.9 Å². The molecule has 9 nitrogen and oxygen atoms in total. The molecule has 5 heterocycles. The first-order chi connectivity index (χ1) is 17.8. The first kappa shape index (κ1) is 25.7. The molecule has 0 bridgehead atoms. The predicted molar refractivity (Wildman–Crippen MR) is 136 cm³/mol. The average molecular weight is 537 g/mol. The van der Waals surface area contributed by atoms with Gasteiger partial charge in [-0.15, -0.1) is 21.5 Å². The lowest BCUT2D eigenvalue weighted by Crippen LogP contribution is -2.48. The minimum Gasteiger partial charge on any atom is -0.352 e. The van der Waals surface area contributed by atoms with Crippen molar-refractivity contribution in [1.29, 1.82) is 0 Å². The van der Waals surface area contributed by atoms with E-state index in [2.05, 4.69) is 33.4 Å². The summed E-state index contributed by atoms with van der Waals surface area (Å²) in [5.74, 6) is 0.668. The first-order valence-electron chi connectivity index (χ1n) is 12.9. The van der Waals surface area contributed by atoms with Gasteiger partial charge >= 0.3 is 6.18 Å². The number of aryl methyl sites for hydroxylation is 1. The van der Waals surface area contributed by atoms with Crippen LogP contribution in [0.5, 0.6) is 0 Å². The van der Waals surface area contributed by atoms with Gasteiger partial charge in [-0.2, -0.15) is 18.2 Å². The maximum atomic E-state index is 13.3. The van der Waals surface area contributed by atoms with Gasteiger partial charge < -0.3 is 19.7 Å². The van der Waals surface area contributed by atoms with Crippen molar-refractivity contribution in [2.45, 2.75) is 77.7 Å². The topological polar surface area (TPSA) is 92.1 Å². The Kier molecular flexibility index (Phi) is 7.24. The molecule has 13 heteroatoms. The second-order valence-corrected chi connectivity index (χ2v) is 10.8. The number of carbonyl (C=O) groups excluding carboxylic acids is 1. The molecule has 0 unspecified atom stereocenters. The van der Waals surface area contributed by atoms with Crippen molar-refractivity contribution < 1.29 is 18.0 Å². The number of nitrogens with one attached hydrogen (secondary N) is 1. The van der Waals surface area contributed by atoms with Crippen LogP contribution in [0.3, 0.4) is 0 Å². The van der Waals surface area contributed by atoms with Gasteiger partial charge in [0.2, 0.25) is 17.7 Å². The molecule has 3 aromatic heterocycles. The van der Waals surface area contributed by atoms with Crippen LogP contribution in [0.2, 0.25) is 0 Å². The summed E-state index contributed by atoms with van der Waals surface area (Å²) in [6, 6.07) is 2.14. The van der Waals surface area contributed by atoms with Gasteiger partial charge in [-0.3, -0.25) is 4.79 Å². The number of alkyl halides is 3. The van der Waals surface area contributed by atoms with Crippen molar-refractivity contribution in [3.63, 3.8) is 0 Å². The van der Waals surface area contributed by atoms with Crippen molar-refractivity contribution in [3.05, 3.63) is 22.6 Å². The van der Waals surface area contributed by atoms with Crippen molar-refractivity contribution in [3.8, 4) is 0 Å². The number of amides is 1. The minimum atomic E-state index is -4.54. The smallest absolute Gasteiger partial charge is 0.352 e. The lowest BCUT2D eigenvalue weighted by molar-refractivity contribution is -0.147. The predicted octanol–water partition coefficient (Wildman–Crippen LogP) is 4.16. The van der Waals surface area contributed by atoms with E-state index in [1.807, 2.05) is 11.8 Å². The van der Waals surface area contributed by atoms with Gasteiger partial charge in [0.15, 0.2) is 5.82 Å². The van der Waals surface area contributed by atoms with Gasteiger partial charge in [-0.25, -0.2) is 4.98 Å². The van der Waals surface area contributed by atoms with Crippen LogP contribution in [-0.4, -0.2) is 56.3 Å². The Hall–Kier alpha value is -2.96. The second kappa shape index (κ2) is 10.4. The molecule has 0 aromatic carbocycles. The van der Waals surface area contributed by atoms with E-state index in [9.17, 15) is 18.0 Å². The SMILES string of the molecule is CCCC(=O)N[C@H]1CCCN(c2nc(N3CCn4c(nnc4C(F)(F)F)C3)c3cc(CCC)sc3n2)C1. The van der Waals surface area contributed by atoms with Gasteiger partial charge in [-0.1, -0.05) is 20.3 Å². The standard InChI is InChI=1S/C24H31F3N8OS/c1-3-6-16-12-17-20(33-10-11-35-18(14-33)31-32-22(35)24(25,26)27)29-23(30-21(17)37-16)34-9-5-8-15(13-34)28-19(36)7-4-2/h12,15H,3-11,13-14H2,1-2H3,(H,28,36)/t15-/m0/s1. The number of anilines is 2. The molecule has 2 aliphatic heterocycles. The van der Waals surface area contributed by atoms with Gasteiger partial charge in [0, 0.05) is 43.5 Å². The highest BCUT2D eigenvalue weighted by Gasteiger charge is 2.40. The number of rotatable bonds is 7. The molecule has 3 aromatic rings. The summed E-state index contributed by atoms with van der Waals surface area (Å²) in [5, 5.41) is 11.3. The van der Waals surface area contributed by atoms with Gasteiger partial charge in [-0.05, 0) is 31.7 Å². The van der Waals surface area contributed by atoms with Crippen LogP contribution in [-0.2, 0) is 30.5 Å². The number of piperidine rings is 1. The third kappa shape index (κ3) is 5.36. The molecule has 0 spiro atoms. The van der Waals surface area contributed by atoms with Crippen molar-refractivity contribution in [2.24, 2.45) is 0 Å². The van der Waals surface area contributed by atoms with Crippen LogP contribution >= 0.6 is 11.3 Å². The Morgan fingerprint density at radius 3 is 2.73 bits per heavy atom. The number of hydrogen-bond donors (Lipinski definition) is 1. The lowest BCUT2D eigenvalue weighted by atomic mass is 10.1. The quantitative estimate of drug-likeness (QED) is 0.485. The number of fused-ring (bicyclic) bond motifs is 2. The number of carbonyl (C=O) groups is 1. The lowest BCUT2D eigenvalue weighted by Gasteiger charge is -2.34. The summed E-state index contributed by atoms with van der Waals surface area (Å²) in [6.07, 6.45) is 0.514. The maximum absolute atomic E-state index is 13.3. The molecule has 1 amide bonds. The van der Waals surface area contributed by atoms with Crippen molar-refractivity contribution in [1.82, 2.24) is 30.0 Å². The molecule has 200 valence electrons. The molecule has 1 saturated heterocycles. The van der Waals surface area contributed by atoms with Gasteiger partial charge in [0.1, 0.15) is 10.6 Å². The first-order valence-corrected chi connectivity index (χ1v) is 13.7. The number of nitrogens with zero attached hydrogens (tertiary/aromatic N) is 7. The van der Waals surface area contributed by atoms with E-state index in [-0.39, 0.29) is 30.9 Å². The summed E-state index contributed by atoms with van der Waals surface area (Å²) < 4.78 is 41.2. The largest absolute Gasteiger partial charge is 0.451 e. The molecular formula is C24H31F3N8OS. The van der Waals surface area contributed by atoms with E-state index < -0.39 is 12.0 Å². The molecule has 0 radical (unpaired) electrons. The van der Waals surface area contributed by atoms with Crippen LogP contribution in [0.1, 0.15) is 62.5 Å². The summed E-state index contributed by atoms with van der Waals surface area (Å²) in [4.78, 5) is 28.2. The minimum absolute atomic E-state index is 0.0314. The van der Waals surface area contributed by atoms with E-state index in [1.165, 1.54) is 4.88 Å². The average Bonchev–Trinajstić information content (AvgIpc) is 3.47. The van der Waals surface area contributed by atoms with E-state index in [0.29, 0.717) is 31.3 Å². The van der Waals surface area contributed by atoms with Crippen LogP contribution in [0, 0.1) is 0 Å². The van der Waals surface area contributed by atoms with Crippen LogP contribution < -0.4 is 15.1 Å². The number of halogens is 3. The van der Waals surface area contributed by atoms with Crippen molar-refractivity contribution >= 4 is 39.2 Å². The van der Waals surface area contributed by atoms with E-state index in [1.54, 1.807) is 11.3 Å². The van der Waals surface area contributed by atoms with Crippen LogP contribution in [0.25, 0.3) is 10.2 Å². The highest BCUT2D eigenvalue weighted by atomic mass is 32.1. The fourth-order valence-corrected chi connectivity index (χ4v) is 6.17. The molecular weight excluding hydrogens is 505 g/mol. The zero-order valence-corrected chi connectivity index (χ0v) is 21.8. The fourth-order valence-electron chi connectivity index (χ4n) is 5.05. The Morgan fingerprint density at radius 2 is 1.97 bits per heavy atom. The van der Waals surface area contributed by atoms with Crippen molar-refractivity contribution in [2.75, 3.05) is 29.4 Å². The summed E-state index contributed by atoms with van der Waals surface area (Å²) in [6.45, 7) is 6.17. The molecule has 1 atom stereocenters. The molecule has 0 saturated carbocycles. The molecule has 1 N–H and O–H groups in total. The highest BCUT2D eigenvalue weighted by molar-refractivity contribution is 7.18. The zero-order valence-electron chi connectivity index (χ0n) is 21.0. The molecule has 2 aliphatic rings. The second-order valence-electron chi connectivity index (χ2n) is 9.64. The number of thiophene rings is 1. The van der Waals surface area contributed by atoms with E-state index in [4.69, 9.17) is 9.97 Å². The van der Waals surface area contributed by atoms with Crippen LogP contribution in [0.15, 0.2) is 6.07 Å². The number of hydrogen-bond acceptors (Lipinski definition) is 8. The monoisotopic (exact) mass is 536 g/mol. The van der Waals surface area contributed by atoms with Gasteiger partial charge in [0.25, 0.3) is 0 Å².